The average molecular weight is 341 g/mol. The highest BCUT2D eigenvalue weighted by atomic mass is 16.5. The van der Waals surface area contributed by atoms with Gasteiger partial charge in [0.15, 0.2) is 0 Å². The summed E-state index contributed by atoms with van der Waals surface area (Å²) in [6.07, 6.45) is 0. The van der Waals surface area contributed by atoms with Crippen LogP contribution in [-0.2, 0) is 0 Å². The lowest BCUT2D eigenvalue weighted by Crippen LogP contribution is -1.90. The summed E-state index contributed by atoms with van der Waals surface area (Å²) < 4.78 is 12.1. The van der Waals surface area contributed by atoms with Gasteiger partial charge in [0.1, 0.15) is 23.0 Å². The third kappa shape index (κ3) is 3.47. The van der Waals surface area contributed by atoms with Gasteiger partial charge in [-0.1, -0.05) is 42.0 Å². The molecule has 0 bridgehead atoms. The van der Waals surface area contributed by atoms with Crippen LogP contribution in [-0.4, -0.2) is 0 Å². The molecular formula is C23H19NO2. The third-order valence-electron chi connectivity index (χ3n) is 4.16. The molecule has 3 nitrogen and oxygen atoms in total. The lowest BCUT2D eigenvalue weighted by molar-refractivity contribution is 0.464. The molecule has 0 fully saturated rings. The summed E-state index contributed by atoms with van der Waals surface area (Å²) in [7, 11) is 0. The Balaban J connectivity index is 1.72. The Morgan fingerprint density at radius 3 is 2.08 bits per heavy atom. The van der Waals surface area contributed by atoms with Crippen LogP contribution in [0.4, 0.5) is 5.69 Å². The van der Waals surface area contributed by atoms with E-state index in [0.29, 0.717) is 5.69 Å². The van der Waals surface area contributed by atoms with Crippen molar-refractivity contribution in [2.75, 3.05) is 5.73 Å². The minimum absolute atomic E-state index is 0.707. The van der Waals surface area contributed by atoms with Crippen LogP contribution >= 0.6 is 0 Å². The summed E-state index contributed by atoms with van der Waals surface area (Å²) in [5.41, 5.74) is 7.66. The zero-order valence-corrected chi connectivity index (χ0v) is 14.5. The Bertz CT molecular complexity index is 1040. The Morgan fingerprint density at radius 2 is 1.31 bits per heavy atom. The maximum Gasteiger partial charge on any atom is 0.138 e. The average Bonchev–Trinajstić information content (AvgIpc) is 2.65. The van der Waals surface area contributed by atoms with Gasteiger partial charge in [-0.2, -0.15) is 0 Å². The van der Waals surface area contributed by atoms with E-state index in [9.17, 15) is 0 Å². The second-order valence-corrected chi connectivity index (χ2v) is 6.23. The molecule has 2 N–H and O–H groups in total. The minimum atomic E-state index is 0.707. The van der Waals surface area contributed by atoms with E-state index in [0.717, 1.165) is 33.8 Å². The van der Waals surface area contributed by atoms with Gasteiger partial charge in [-0.25, -0.2) is 0 Å². The van der Waals surface area contributed by atoms with Gasteiger partial charge in [0.2, 0.25) is 0 Å². The number of anilines is 1. The summed E-state index contributed by atoms with van der Waals surface area (Å²) in [5, 5.41) is 2.09. The molecule has 0 aliphatic rings. The molecule has 0 amide bonds. The topological polar surface area (TPSA) is 44.5 Å². The van der Waals surface area contributed by atoms with Gasteiger partial charge in [0, 0.05) is 17.1 Å². The SMILES string of the molecule is Cc1ccc(Oc2cc(Oc3ccc(N)cc3)c3ccccc3c2)cc1. The zero-order valence-electron chi connectivity index (χ0n) is 14.5. The van der Waals surface area contributed by atoms with Crippen molar-refractivity contribution in [2.24, 2.45) is 0 Å². The zero-order chi connectivity index (χ0) is 17.9. The van der Waals surface area contributed by atoms with Crippen molar-refractivity contribution in [3.8, 4) is 23.0 Å². The predicted molar refractivity (Wildman–Crippen MR) is 106 cm³/mol. The number of aryl methyl sites for hydroxylation is 1. The number of hydrogen-bond donors (Lipinski definition) is 1. The van der Waals surface area contributed by atoms with E-state index in [-0.39, 0.29) is 0 Å². The Morgan fingerprint density at radius 1 is 0.654 bits per heavy atom. The molecule has 4 aromatic carbocycles. The van der Waals surface area contributed by atoms with Crippen LogP contribution < -0.4 is 15.2 Å². The van der Waals surface area contributed by atoms with Crippen molar-refractivity contribution in [1.29, 1.82) is 0 Å². The molecule has 0 unspecified atom stereocenters. The van der Waals surface area contributed by atoms with Gasteiger partial charge in [-0.05, 0) is 54.8 Å². The Labute approximate surface area is 152 Å². The second kappa shape index (κ2) is 6.81. The van der Waals surface area contributed by atoms with Crippen molar-refractivity contribution < 1.29 is 9.47 Å². The van der Waals surface area contributed by atoms with Crippen molar-refractivity contribution in [2.45, 2.75) is 6.92 Å². The second-order valence-electron chi connectivity index (χ2n) is 6.23. The summed E-state index contributed by atoms with van der Waals surface area (Å²) in [4.78, 5) is 0. The molecule has 0 aliphatic carbocycles. The fourth-order valence-corrected chi connectivity index (χ4v) is 2.80. The highest BCUT2D eigenvalue weighted by molar-refractivity contribution is 5.90. The number of nitrogens with two attached hydrogens (primary N) is 1. The Kier molecular flexibility index (Phi) is 4.20. The van der Waals surface area contributed by atoms with Crippen LogP contribution in [0.15, 0.2) is 84.9 Å². The predicted octanol–water partition coefficient (Wildman–Crippen LogP) is 6.32. The maximum atomic E-state index is 6.11. The highest BCUT2D eigenvalue weighted by Gasteiger charge is 2.08. The first-order chi connectivity index (χ1) is 12.7. The molecule has 0 atom stereocenters. The van der Waals surface area contributed by atoms with Crippen molar-refractivity contribution in [3.05, 3.63) is 90.5 Å². The van der Waals surface area contributed by atoms with E-state index in [1.54, 1.807) is 0 Å². The molecule has 0 aliphatic heterocycles. The molecule has 0 heterocycles. The fourth-order valence-electron chi connectivity index (χ4n) is 2.80. The molecule has 0 saturated heterocycles. The van der Waals surface area contributed by atoms with Gasteiger partial charge in [-0.3, -0.25) is 0 Å². The first-order valence-electron chi connectivity index (χ1n) is 8.48. The number of ether oxygens (including phenoxy) is 2. The lowest BCUT2D eigenvalue weighted by atomic mass is 10.1. The van der Waals surface area contributed by atoms with Crippen molar-refractivity contribution in [1.82, 2.24) is 0 Å². The minimum Gasteiger partial charge on any atom is -0.457 e. The standard InChI is InChI=1S/C23H19NO2/c1-16-6-10-19(11-7-16)25-21-14-17-4-2-3-5-22(17)23(15-21)26-20-12-8-18(24)9-13-20/h2-15H,24H2,1H3. The molecule has 0 spiro atoms. The monoisotopic (exact) mass is 341 g/mol. The first kappa shape index (κ1) is 16.0. The van der Waals surface area contributed by atoms with E-state index < -0.39 is 0 Å². The molecule has 4 rings (SSSR count). The Hall–Kier alpha value is -3.46. The molecule has 4 aromatic rings. The van der Waals surface area contributed by atoms with Crippen LogP contribution in [0.1, 0.15) is 5.56 Å². The first-order valence-corrected chi connectivity index (χ1v) is 8.48. The summed E-state index contributed by atoms with van der Waals surface area (Å²) >= 11 is 0. The van der Waals surface area contributed by atoms with E-state index in [1.165, 1.54) is 5.56 Å². The van der Waals surface area contributed by atoms with Crippen LogP contribution in [0.2, 0.25) is 0 Å². The summed E-state index contributed by atoms with van der Waals surface area (Å²) in [6.45, 7) is 2.05. The van der Waals surface area contributed by atoms with E-state index in [4.69, 9.17) is 15.2 Å². The number of rotatable bonds is 4. The fraction of sp³-hybridized carbons (Fsp3) is 0.0435. The van der Waals surface area contributed by atoms with Gasteiger partial charge < -0.3 is 15.2 Å². The maximum absolute atomic E-state index is 6.11. The number of nitrogen functional groups attached to an aromatic ring is 1. The molecule has 0 saturated carbocycles. The number of hydrogen-bond acceptors (Lipinski definition) is 3. The van der Waals surface area contributed by atoms with Gasteiger partial charge in [0.25, 0.3) is 0 Å². The van der Waals surface area contributed by atoms with Gasteiger partial charge >= 0.3 is 0 Å². The molecule has 0 radical (unpaired) electrons. The van der Waals surface area contributed by atoms with Crippen LogP contribution in [0.3, 0.4) is 0 Å². The summed E-state index contributed by atoms with van der Waals surface area (Å²) in [6, 6.07) is 27.4. The van der Waals surface area contributed by atoms with Crippen LogP contribution in [0.5, 0.6) is 23.0 Å². The third-order valence-corrected chi connectivity index (χ3v) is 4.16. The molecule has 26 heavy (non-hydrogen) atoms. The number of benzene rings is 4. The van der Waals surface area contributed by atoms with E-state index in [2.05, 4.69) is 6.92 Å². The van der Waals surface area contributed by atoms with E-state index in [1.807, 2.05) is 84.9 Å². The number of fused-ring (bicyclic) bond motifs is 1. The van der Waals surface area contributed by atoms with E-state index >= 15 is 0 Å². The smallest absolute Gasteiger partial charge is 0.138 e. The van der Waals surface area contributed by atoms with Crippen LogP contribution in [0.25, 0.3) is 10.8 Å². The molecule has 128 valence electrons. The van der Waals surface area contributed by atoms with Gasteiger partial charge in [0.05, 0.1) is 0 Å². The van der Waals surface area contributed by atoms with Crippen LogP contribution in [0, 0.1) is 6.92 Å². The molecule has 3 heteroatoms. The van der Waals surface area contributed by atoms with Gasteiger partial charge in [-0.15, -0.1) is 0 Å². The highest BCUT2D eigenvalue weighted by Crippen LogP contribution is 2.36. The van der Waals surface area contributed by atoms with Crippen molar-refractivity contribution in [3.63, 3.8) is 0 Å². The summed E-state index contributed by atoms with van der Waals surface area (Å²) in [5.74, 6) is 3.01. The molecular weight excluding hydrogens is 322 g/mol. The normalized spacial score (nSPS) is 10.7. The largest absolute Gasteiger partial charge is 0.457 e. The molecule has 0 aromatic heterocycles. The lowest BCUT2D eigenvalue weighted by Gasteiger charge is -2.13. The quantitative estimate of drug-likeness (QED) is 0.442. The van der Waals surface area contributed by atoms with Crippen molar-refractivity contribution >= 4 is 16.5 Å².